The maximum atomic E-state index is 11.8. The van der Waals surface area contributed by atoms with Crippen molar-refractivity contribution in [1.82, 2.24) is 4.90 Å². The minimum Gasteiger partial charge on any atom is -0.347 e. The zero-order valence-electron chi connectivity index (χ0n) is 9.95. The van der Waals surface area contributed by atoms with E-state index in [-0.39, 0.29) is 4.90 Å². The van der Waals surface area contributed by atoms with E-state index in [9.17, 15) is 13.2 Å². The number of likely N-dealkylation sites (N-methyl/N-ethyl adjacent to an activating group) is 1. The molecule has 1 amide bonds. The molecule has 0 heterocycles. The second-order valence-electron chi connectivity index (χ2n) is 3.74. The van der Waals surface area contributed by atoms with Crippen molar-refractivity contribution in [3.63, 3.8) is 0 Å². The highest BCUT2D eigenvalue weighted by Crippen LogP contribution is 2.14. The molecule has 0 radical (unpaired) electrons. The predicted molar refractivity (Wildman–Crippen MR) is 62.9 cm³/mol. The molecule has 0 N–H and O–H groups in total. The van der Waals surface area contributed by atoms with Crippen molar-refractivity contribution >= 4 is 16.0 Å². The van der Waals surface area contributed by atoms with Gasteiger partial charge in [0.1, 0.15) is 0 Å². The molecule has 6 heteroatoms. The minimum absolute atomic E-state index is 0.0402. The molecule has 0 aromatic heterocycles. The van der Waals surface area contributed by atoms with Gasteiger partial charge in [-0.3, -0.25) is 8.98 Å². The van der Waals surface area contributed by atoms with Crippen LogP contribution in [-0.2, 0) is 19.1 Å². The van der Waals surface area contributed by atoms with E-state index in [2.05, 4.69) is 0 Å². The quantitative estimate of drug-likeness (QED) is 0.751. The number of amides is 1. The van der Waals surface area contributed by atoms with Crippen LogP contribution in [0, 0.1) is 0 Å². The minimum atomic E-state index is -3.89. The van der Waals surface area contributed by atoms with Crippen molar-refractivity contribution < 1.29 is 17.4 Å². The lowest BCUT2D eigenvalue weighted by molar-refractivity contribution is -0.135. The van der Waals surface area contributed by atoms with Crippen LogP contribution in [-0.4, -0.2) is 39.4 Å². The second-order valence-corrected chi connectivity index (χ2v) is 5.31. The Morgan fingerprint density at radius 3 is 2.24 bits per heavy atom. The standard InChI is InChI=1S/C11H15NO4S/c1-9(11(13)12(2)3)16-17(14,15)10-7-5-4-6-8-10/h4-9H,1-3H3. The van der Waals surface area contributed by atoms with Crippen molar-refractivity contribution in [1.29, 1.82) is 0 Å². The Morgan fingerprint density at radius 2 is 1.76 bits per heavy atom. The first kappa shape index (κ1) is 13.7. The van der Waals surface area contributed by atoms with Crippen LogP contribution in [0.2, 0.25) is 0 Å². The summed E-state index contributed by atoms with van der Waals surface area (Å²) in [5.41, 5.74) is 0. The first-order valence-corrected chi connectivity index (χ1v) is 6.45. The number of nitrogens with zero attached hydrogens (tertiary/aromatic N) is 1. The van der Waals surface area contributed by atoms with Crippen LogP contribution in [0.15, 0.2) is 35.2 Å². The molecule has 0 fully saturated rings. The van der Waals surface area contributed by atoms with Crippen LogP contribution in [0.4, 0.5) is 0 Å². The topological polar surface area (TPSA) is 63.7 Å². The van der Waals surface area contributed by atoms with Crippen LogP contribution in [0.5, 0.6) is 0 Å². The van der Waals surface area contributed by atoms with Crippen LogP contribution in [0.25, 0.3) is 0 Å². The third-order valence-electron chi connectivity index (χ3n) is 2.09. The molecule has 0 bridgehead atoms. The highest BCUT2D eigenvalue weighted by molar-refractivity contribution is 7.86. The molecule has 0 saturated heterocycles. The highest BCUT2D eigenvalue weighted by Gasteiger charge is 2.24. The van der Waals surface area contributed by atoms with Crippen LogP contribution in [0.1, 0.15) is 6.92 Å². The Balaban J connectivity index is 2.85. The van der Waals surface area contributed by atoms with Crippen LogP contribution in [0.3, 0.4) is 0 Å². The van der Waals surface area contributed by atoms with E-state index in [1.54, 1.807) is 18.2 Å². The summed E-state index contributed by atoms with van der Waals surface area (Å²) in [5.74, 6) is -0.399. The van der Waals surface area contributed by atoms with E-state index in [0.717, 1.165) is 0 Å². The zero-order valence-corrected chi connectivity index (χ0v) is 10.8. The monoisotopic (exact) mass is 257 g/mol. The highest BCUT2D eigenvalue weighted by atomic mass is 32.2. The van der Waals surface area contributed by atoms with Gasteiger partial charge in [-0.2, -0.15) is 8.42 Å². The number of hydrogen-bond donors (Lipinski definition) is 0. The summed E-state index contributed by atoms with van der Waals surface area (Å²) < 4.78 is 28.4. The molecule has 5 nitrogen and oxygen atoms in total. The summed E-state index contributed by atoms with van der Waals surface area (Å²) in [7, 11) is -0.808. The number of carbonyl (C=O) groups excluding carboxylic acids is 1. The van der Waals surface area contributed by atoms with E-state index in [4.69, 9.17) is 4.18 Å². The van der Waals surface area contributed by atoms with Crippen LogP contribution >= 0.6 is 0 Å². The van der Waals surface area contributed by atoms with Gasteiger partial charge in [0.2, 0.25) is 0 Å². The van der Waals surface area contributed by atoms with Crippen molar-refractivity contribution in [2.75, 3.05) is 14.1 Å². The van der Waals surface area contributed by atoms with Gasteiger partial charge in [0, 0.05) is 14.1 Å². The molecule has 0 aliphatic heterocycles. The Labute approximate surface area is 101 Å². The summed E-state index contributed by atoms with van der Waals surface area (Å²) in [4.78, 5) is 12.8. The van der Waals surface area contributed by atoms with Gasteiger partial charge in [-0.15, -0.1) is 0 Å². The first-order chi connectivity index (χ1) is 7.84. The van der Waals surface area contributed by atoms with Gasteiger partial charge in [-0.05, 0) is 19.1 Å². The largest absolute Gasteiger partial charge is 0.347 e. The van der Waals surface area contributed by atoms with Gasteiger partial charge in [0.25, 0.3) is 16.0 Å². The molecule has 1 unspecified atom stereocenters. The normalized spacial score (nSPS) is 13.1. The lowest BCUT2D eigenvalue weighted by Crippen LogP contribution is -2.34. The maximum Gasteiger partial charge on any atom is 0.297 e. The lowest BCUT2D eigenvalue weighted by atomic mass is 10.4. The molecule has 0 saturated carbocycles. The van der Waals surface area contributed by atoms with Gasteiger partial charge in [-0.25, -0.2) is 0 Å². The molecule has 1 aromatic rings. The fourth-order valence-electron chi connectivity index (χ4n) is 1.24. The van der Waals surface area contributed by atoms with Crippen molar-refractivity contribution in [2.45, 2.75) is 17.9 Å². The number of carbonyl (C=O) groups is 1. The molecule has 0 aliphatic rings. The van der Waals surface area contributed by atoms with E-state index >= 15 is 0 Å². The number of rotatable bonds is 4. The molecule has 0 spiro atoms. The molecule has 17 heavy (non-hydrogen) atoms. The van der Waals surface area contributed by atoms with E-state index in [1.807, 2.05) is 0 Å². The smallest absolute Gasteiger partial charge is 0.297 e. The van der Waals surface area contributed by atoms with Gasteiger partial charge in [0.05, 0.1) is 4.90 Å². The van der Waals surface area contributed by atoms with E-state index in [0.29, 0.717) is 0 Å². The summed E-state index contributed by atoms with van der Waals surface area (Å²) in [6.07, 6.45) is -1.03. The third kappa shape index (κ3) is 3.54. The fourth-order valence-corrected chi connectivity index (χ4v) is 2.30. The maximum absolute atomic E-state index is 11.8. The molecule has 94 valence electrons. The van der Waals surface area contributed by atoms with Gasteiger partial charge >= 0.3 is 0 Å². The zero-order chi connectivity index (χ0) is 13.1. The average molecular weight is 257 g/mol. The van der Waals surface area contributed by atoms with Gasteiger partial charge < -0.3 is 4.90 Å². The molecular formula is C11H15NO4S. The summed E-state index contributed by atoms with van der Waals surface area (Å²) in [6, 6.07) is 7.72. The van der Waals surface area contributed by atoms with Gasteiger partial charge in [-0.1, -0.05) is 18.2 Å². The predicted octanol–water partition coefficient (Wildman–Crippen LogP) is 0.869. The van der Waals surface area contributed by atoms with Gasteiger partial charge in [0.15, 0.2) is 6.10 Å². The second kappa shape index (κ2) is 5.29. The van der Waals surface area contributed by atoms with Crippen molar-refractivity contribution in [2.24, 2.45) is 0 Å². The number of hydrogen-bond acceptors (Lipinski definition) is 4. The fraction of sp³-hybridized carbons (Fsp3) is 0.364. The Bertz CT molecular complexity index is 481. The Kier molecular flexibility index (Phi) is 4.25. The van der Waals surface area contributed by atoms with Crippen LogP contribution < -0.4 is 0 Å². The molecule has 0 aliphatic carbocycles. The van der Waals surface area contributed by atoms with Crippen molar-refractivity contribution in [3.8, 4) is 0 Å². The molecule has 1 aromatic carbocycles. The SMILES string of the molecule is CC(OS(=O)(=O)c1ccccc1)C(=O)N(C)C. The van der Waals surface area contributed by atoms with E-state index in [1.165, 1.54) is 38.1 Å². The Hall–Kier alpha value is -1.40. The summed E-state index contributed by atoms with van der Waals surface area (Å²) in [6.45, 7) is 1.41. The first-order valence-electron chi connectivity index (χ1n) is 5.04. The average Bonchev–Trinajstić information content (AvgIpc) is 2.28. The lowest BCUT2D eigenvalue weighted by Gasteiger charge is -2.16. The summed E-state index contributed by atoms with van der Waals surface area (Å²) in [5, 5.41) is 0. The third-order valence-corrected chi connectivity index (χ3v) is 3.48. The Morgan fingerprint density at radius 1 is 1.24 bits per heavy atom. The van der Waals surface area contributed by atoms with E-state index < -0.39 is 22.1 Å². The molecule has 1 rings (SSSR count). The number of benzene rings is 1. The molecular weight excluding hydrogens is 242 g/mol. The molecule has 1 atom stereocenters. The summed E-state index contributed by atoms with van der Waals surface area (Å²) >= 11 is 0. The van der Waals surface area contributed by atoms with Crippen molar-refractivity contribution in [3.05, 3.63) is 30.3 Å².